The summed E-state index contributed by atoms with van der Waals surface area (Å²) in [5, 5.41) is 49.9. The van der Waals surface area contributed by atoms with Gasteiger partial charge in [-0.3, -0.25) is 9.36 Å². The first-order chi connectivity index (χ1) is 25.0. The van der Waals surface area contributed by atoms with Crippen molar-refractivity contribution in [1.29, 1.82) is 0 Å². The molecule has 2 saturated heterocycles. The second-order valence-electron chi connectivity index (χ2n) is 12.5. The maximum Gasteiger partial charge on any atom is 0.356 e. The maximum absolute atomic E-state index is 14.0. The number of aliphatic hydroxyl groups is 4. The molecule has 53 heavy (non-hydrogen) atoms. The summed E-state index contributed by atoms with van der Waals surface area (Å²) >= 11 is 0. The van der Waals surface area contributed by atoms with E-state index in [4.69, 9.17) is 9.47 Å². The number of carboxylic acid groups (broad SMARTS) is 1. The Morgan fingerprint density at radius 1 is 0.887 bits per heavy atom. The van der Waals surface area contributed by atoms with Gasteiger partial charge in [0.25, 0.3) is 0 Å². The van der Waals surface area contributed by atoms with Crippen LogP contribution in [-0.4, -0.2) is 97.3 Å². The molecular weight excluding hydrogens is 740 g/mol. The van der Waals surface area contributed by atoms with Crippen LogP contribution < -0.4 is 14.9 Å². The Morgan fingerprint density at radius 2 is 1.51 bits per heavy atom. The van der Waals surface area contributed by atoms with Gasteiger partial charge in [-0.1, -0.05) is 54.6 Å². The third kappa shape index (κ3) is 7.62. The minimum absolute atomic E-state index is 0.00262. The fourth-order valence-electron chi connectivity index (χ4n) is 6.28. The first-order valence-corrected chi connectivity index (χ1v) is 19.2. The highest BCUT2D eigenvalue weighted by atomic mass is 32.2. The van der Waals surface area contributed by atoms with E-state index in [9.17, 15) is 62.3 Å². The zero-order chi connectivity index (χ0) is 38.4. The number of hydrogen-bond donors (Lipinski definition) is 7. The van der Waals surface area contributed by atoms with Crippen LogP contribution in [0, 0.1) is 5.82 Å². The number of amides is 1. The zero-order valence-electron chi connectivity index (χ0n) is 27.2. The Balaban J connectivity index is 1.46. The molecule has 2 aliphatic heterocycles. The van der Waals surface area contributed by atoms with Crippen molar-refractivity contribution in [3.05, 3.63) is 114 Å². The van der Waals surface area contributed by atoms with Crippen molar-refractivity contribution in [3.8, 4) is 16.9 Å². The Kier molecular flexibility index (Phi) is 10.6. The quantitative estimate of drug-likeness (QED) is 0.0836. The van der Waals surface area contributed by atoms with E-state index in [1.54, 1.807) is 30.3 Å². The lowest BCUT2D eigenvalue weighted by Crippen LogP contribution is -2.63. The molecule has 0 bridgehead atoms. The lowest BCUT2D eigenvalue weighted by Gasteiger charge is -2.47. The Bertz CT molecular complexity index is 2150. The summed E-state index contributed by atoms with van der Waals surface area (Å²) in [6.07, 6.45) is -11.8. The molecule has 2 aliphatic rings. The van der Waals surface area contributed by atoms with Gasteiger partial charge < -0.3 is 49.7 Å². The smallest absolute Gasteiger partial charge is 0.356 e. The fraction of sp³-hybridized carbons (Fsp3) is 0.257. The van der Waals surface area contributed by atoms with Crippen molar-refractivity contribution in [2.45, 2.75) is 48.1 Å². The molecule has 0 spiro atoms. The van der Waals surface area contributed by atoms with Gasteiger partial charge in [0, 0.05) is 11.3 Å². The Hall–Kier alpha value is -4.55. The van der Waals surface area contributed by atoms with Crippen molar-refractivity contribution >= 4 is 40.3 Å². The fourth-order valence-corrected chi connectivity index (χ4v) is 8.74. The molecule has 7 N–H and O–H groups in total. The Morgan fingerprint density at radius 3 is 2.11 bits per heavy atom. The summed E-state index contributed by atoms with van der Waals surface area (Å²) in [5.74, 6) is -4.38. The highest BCUT2D eigenvalue weighted by molar-refractivity contribution is 7.93. The van der Waals surface area contributed by atoms with Crippen LogP contribution in [-0.2, 0) is 28.7 Å². The molecule has 0 aromatic heterocycles. The molecule has 2 heterocycles. The van der Waals surface area contributed by atoms with Crippen LogP contribution in [0.2, 0.25) is 0 Å². The monoisotopic (exact) mass is 773 g/mol. The number of aliphatic carboxylic acids is 1. The number of carboxylic acids is 1. The van der Waals surface area contributed by atoms with Crippen LogP contribution in [0.4, 0.5) is 10.1 Å². The average molecular weight is 774 g/mol. The molecular formula is C35H33FNO14PS. The molecule has 15 nitrogen and oxygen atoms in total. The van der Waals surface area contributed by atoms with Gasteiger partial charge in [-0.25, -0.2) is 17.6 Å². The number of hydrogen-bond acceptors (Lipinski definition) is 11. The number of rotatable bonds is 11. The highest BCUT2D eigenvalue weighted by Gasteiger charge is 2.57. The molecule has 0 aliphatic carbocycles. The number of carbonyl (C=O) groups is 2. The van der Waals surface area contributed by atoms with Crippen LogP contribution in [0.5, 0.6) is 5.75 Å². The number of sulfone groups is 1. The molecule has 0 radical (unpaired) electrons. The minimum atomic E-state index is -4.60. The number of β-lactam (4-membered cyclic amide) rings is 1. The topological polar surface area (TPSA) is 249 Å². The predicted octanol–water partition coefficient (Wildman–Crippen LogP) is 1.17. The van der Waals surface area contributed by atoms with Crippen molar-refractivity contribution in [2.75, 3.05) is 10.7 Å². The molecule has 4 aromatic carbocycles. The molecule has 4 aromatic rings. The molecule has 280 valence electrons. The zero-order valence-corrected chi connectivity index (χ0v) is 28.9. The van der Waals surface area contributed by atoms with Gasteiger partial charge in [-0.2, -0.15) is 0 Å². The second-order valence-corrected chi connectivity index (χ2v) is 16.3. The summed E-state index contributed by atoms with van der Waals surface area (Å²) in [7, 11) is -9.14. The van der Waals surface area contributed by atoms with Crippen LogP contribution in [0.15, 0.2) is 97.1 Å². The standard InChI is InChI=1S/C35H33FNO14PS/c36-21-11-6-19(7-12-21)25(38)17-53(48,49)32-27(37(33(32)42)22-4-2-1-3-5-22)24-15-10-20(18-8-13-23(14-9-18)52(45,46)47)16-26(24)50-35-30(41)28(39)29(40)31(51-35)34(43)44/h1-16,25,27-32,35,38-41H,17H2,(H,43,44)(H2,45,46,47)/t25-,27+,28?,29?,30?,31?,32+,35+/m0/s1. The van der Waals surface area contributed by atoms with E-state index in [0.717, 1.165) is 12.1 Å². The normalized spacial score (nSPS) is 25.4. The minimum Gasteiger partial charge on any atom is -0.479 e. The van der Waals surface area contributed by atoms with Gasteiger partial charge in [-0.05, 0) is 59.2 Å². The number of aliphatic hydroxyl groups excluding tert-OH is 4. The average Bonchev–Trinajstić information content (AvgIpc) is 3.10. The Labute approximate surface area is 301 Å². The molecule has 4 unspecified atom stereocenters. The van der Waals surface area contributed by atoms with E-state index in [0.29, 0.717) is 11.1 Å². The molecule has 0 saturated carbocycles. The summed E-state index contributed by atoms with van der Waals surface area (Å²) < 4.78 is 64.6. The largest absolute Gasteiger partial charge is 0.479 e. The molecule has 8 atom stereocenters. The van der Waals surface area contributed by atoms with E-state index in [2.05, 4.69) is 0 Å². The lowest BCUT2D eigenvalue weighted by molar-refractivity contribution is -0.271. The van der Waals surface area contributed by atoms with Gasteiger partial charge in [0.1, 0.15) is 29.9 Å². The molecule has 1 amide bonds. The predicted molar refractivity (Wildman–Crippen MR) is 184 cm³/mol. The number of carbonyl (C=O) groups excluding carboxylic acids is 1. The number of nitrogens with zero attached hydrogens (tertiary/aromatic N) is 1. The van der Waals surface area contributed by atoms with Gasteiger partial charge in [0.05, 0.1) is 23.2 Å². The summed E-state index contributed by atoms with van der Waals surface area (Å²) in [4.78, 5) is 45.9. The van der Waals surface area contributed by atoms with Gasteiger partial charge >= 0.3 is 13.6 Å². The van der Waals surface area contributed by atoms with Crippen LogP contribution in [0.25, 0.3) is 11.1 Å². The van der Waals surface area contributed by atoms with Crippen molar-refractivity contribution in [3.63, 3.8) is 0 Å². The number of halogens is 1. The van der Waals surface area contributed by atoms with E-state index in [-0.39, 0.29) is 27.9 Å². The maximum atomic E-state index is 14.0. The third-order valence-corrected chi connectivity index (χ3v) is 12.0. The first kappa shape index (κ1) is 38.2. The van der Waals surface area contributed by atoms with Crippen LogP contribution in [0.1, 0.15) is 23.3 Å². The van der Waals surface area contributed by atoms with Gasteiger partial charge in [-0.15, -0.1) is 0 Å². The first-order valence-electron chi connectivity index (χ1n) is 15.9. The van der Waals surface area contributed by atoms with Crippen molar-refractivity contribution < 1.29 is 71.8 Å². The van der Waals surface area contributed by atoms with Crippen LogP contribution in [0.3, 0.4) is 0 Å². The van der Waals surface area contributed by atoms with E-state index >= 15 is 0 Å². The SMILES string of the molecule is O=C(O)C1O[C@@H](Oc2cc(-c3ccc(P(=O)(O)O)cc3)ccc2[C@@H]2[C@@H](S(=O)(=O)C[C@H](O)c3ccc(F)cc3)C(=O)N2c2ccccc2)C(O)C(O)C1O. The molecule has 18 heteroatoms. The number of anilines is 1. The summed E-state index contributed by atoms with van der Waals surface area (Å²) in [6, 6.07) is 20.4. The number of benzene rings is 4. The van der Waals surface area contributed by atoms with E-state index < -0.39 is 89.0 Å². The van der Waals surface area contributed by atoms with E-state index in [1.807, 2.05) is 0 Å². The lowest BCUT2D eigenvalue weighted by atomic mass is 9.90. The van der Waals surface area contributed by atoms with Crippen LogP contribution >= 0.6 is 7.60 Å². The summed E-state index contributed by atoms with van der Waals surface area (Å²) in [5.41, 5.74) is 1.03. The van der Waals surface area contributed by atoms with E-state index in [1.165, 1.54) is 59.5 Å². The van der Waals surface area contributed by atoms with Gasteiger partial charge in [0.2, 0.25) is 12.2 Å². The highest BCUT2D eigenvalue weighted by Crippen LogP contribution is 2.48. The second kappa shape index (κ2) is 14.7. The molecule has 2 fully saturated rings. The summed E-state index contributed by atoms with van der Waals surface area (Å²) in [6.45, 7) is 0. The molecule has 6 rings (SSSR count). The van der Waals surface area contributed by atoms with Crippen molar-refractivity contribution in [1.82, 2.24) is 0 Å². The third-order valence-electron chi connectivity index (χ3n) is 9.04. The van der Waals surface area contributed by atoms with Gasteiger partial charge in [0.15, 0.2) is 21.2 Å². The number of ether oxygens (including phenoxy) is 2. The van der Waals surface area contributed by atoms with Crippen molar-refractivity contribution in [2.24, 2.45) is 0 Å². The number of para-hydroxylation sites is 1.